The molecule has 1 N–H and O–H groups in total. The number of benzene rings is 1. The summed E-state index contributed by atoms with van der Waals surface area (Å²) in [4.78, 5) is 25.3. The fourth-order valence-electron chi connectivity index (χ4n) is 2.90. The Morgan fingerprint density at radius 3 is 2.30 bits per heavy atom. The Morgan fingerprint density at radius 2 is 1.77 bits per heavy atom. The Morgan fingerprint density at radius 1 is 1.13 bits per heavy atom. The Kier molecular flexibility index (Phi) is 7.12. The maximum Gasteiger partial charge on any atom is 0.573 e. The molecule has 30 heavy (non-hydrogen) atoms. The molecule has 1 amide bonds. The number of β-amino-alcohol motifs (C(OH)–C–C–N with tert-alkyl or cyclic N) is 1. The quantitative estimate of drug-likeness (QED) is 0.496. The van der Waals surface area contributed by atoms with E-state index in [1.165, 1.54) is 14.0 Å². The van der Waals surface area contributed by atoms with E-state index < -0.39 is 49.2 Å². The van der Waals surface area contributed by atoms with Crippen LogP contribution in [0.5, 0.6) is 5.75 Å². The molecule has 0 aromatic heterocycles. The zero-order chi connectivity index (χ0) is 22.9. The van der Waals surface area contributed by atoms with Crippen molar-refractivity contribution < 1.29 is 46.8 Å². The lowest BCUT2D eigenvalue weighted by atomic mass is 9.96. The standard InChI is InChI=1S/C19H24F3NO7/c1-10(29-17(27-5)18(2,3)4)28-14(24)9-23-13-7-6-11(30-19(20,21)22)8-12(13)15(25)16(23)26/h6-8,10,14,17,24H,9H2,1-5H3. The predicted molar refractivity (Wildman–Crippen MR) is 97.7 cm³/mol. The average Bonchev–Trinajstić information content (AvgIpc) is 2.82. The maximum absolute atomic E-state index is 12.4. The number of aliphatic hydroxyl groups is 1. The molecule has 1 heterocycles. The fraction of sp³-hybridized carbons (Fsp3) is 0.579. The summed E-state index contributed by atoms with van der Waals surface area (Å²) in [7, 11) is 1.46. The number of aliphatic hydroxyl groups excluding tert-OH is 1. The van der Waals surface area contributed by atoms with Crippen molar-refractivity contribution >= 4 is 17.4 Å². The van der Waals surface area contributed by atoms with Crippen LogP contribution >= 0.6 is 0 Å². The molecule has 0 aliphatic carbocycles. The number of hydrogen-bond acceptors (Lipinski definition) is 7. The highest BCUT2D eigenvalue weighted by Crippen LogP contribution is 2.34. The topological polar surface area (TPSA) is 94.5 Å². The first kappa shape index (κ1) is 24.1. The van der Waals surface area contributed by atoms with Gasteiger partial charge < -0.3 is 24.1 Å². The molecule has 2 rings (SSSR count). The highest BCUT2D eigenvalue weighted by atomic mass is 19.4. The number of halogens is 3. The third-order valence-corrected chi connectivity index (χ3v) is 4.10. The number of fused-ring (bicyclic) bond motifs is 1. The highest BCUT2D eigenvalue weighted by molar-refractivity contribution is 6.52. The molecule has 0 saturated carbocycles. The molecule has 1 aliphatic heterocycles. The third kappa shape index (κ3) is 5.91. The zero-order valence-corrected chi connectivity index (χ0v) is 17.1. The summed E-state index contributed by atoms with van der Waals surface area (Å²) in [5.41, 5.74) is -0.588. The van der Waals surface area contributed by atoms with Crippen molar-refractivity contribution in [1.82, 2.24) is 0 Å². The molecule has 1 aliphatic rings. The summed E-state index contributed by atoms with van der Waals surface area (Å²) in [6.45, 7) is 6.73. The van der Waals surface area contributed by atoms with Gasteiger partial charge in [0.25, 0.3) is 11.7 Å². The van der Waals surface area contributed by atoms with Crippen LogP contribution in [0.1, 0.15) is 38.1 Å². The van der Waals surface area contributed by atoms with Crippen LogP contribution in [0, 0.1) is 5.41 Å². The number of ketones is 1. The molecular formula is C19H24F3NO7. The Bertz CT molecular complexity index is 791. The summed E-state index contributed by atoms with van der Waals surface area (Å²) in [5.74, 6) is -2.65. The van der Waals surface area contributed by atoms with E-state index in [9.17, 15) is 27.9 Å². The van der Waals surface area contributed by atoms with E-state index in [1.807, 2.05) is 20.8 Å². The van der Waals surface area contributed by atoms with Gasteiger partial charge in [0, 0.05) is 12.5 Å². The van der Waals surface area contributed by atoms with Crippen LogP contribution in [0.4, 0.5) is 18.9 Å². The van der Waals surface area contributed by atoms with Crippen molar-refractivity contribution in [3.05, 3.63) is 23.8 Å². The summed E-state index contributed by atoms with van der Waals surface area (Å²) < 4.78 is 57.0. The minimum atomic E-state index is -4.94. The Hall–Kier alpha value is -2.21. The van der Waals surface area contributed by atoms with Crippen molar-refractivity contribution in [2.24, 2.45) is 5.41 Å². The highest BCUT2D eigenvalue weighted by Gasteiger charge is 2.39. The number of Topliss-reactive ketones (excluding diaryl/α,β-unsaturated/α-hetero) is 1. The average molecular weight is 435 g/mol. The first-order valence-corrected chi connectivity index (χ1v) is 9.00. The van der Waals surface area contributed by atoms with E-state index in [0.29, 0.717) is 0 Å². The molecule has 0 saturated heterocycles. The molecule has 0 fully saturated rings. The first-order chi connectivity index (χ1) is 13.7. The van der Waals surface area contributed by atoms with Gasteiger partial charge in [0.2, 0.25) is 0 Å². The van der Waals surface area contributed by atoms with Crippen molar-refractivity contribution in [2.75, 3.05) is 18.6 Å². The van der Waals surface area contributed by atoms with Crippen molar-refractivity contribution in [1.29, 1.82) is 0 Å². The van der Waals surface area contributed by atoms with E-state index in [0.717, 1.165) is 23.1 Å². The van der Waals surface area contributed by atoms with Crippen LogP contribution in [-0.4, -0.2) is 55.7 Å². The number of ether oxygens (including phenoxy) is 4. The lowest BCUT2D eigenvalue weighted by Gasteiger charge is -2.32. The lowest BCUT2D eigenvalue weighted by Crippen LogP contribution is -2.41. The van der Waals surface area contributed by atoms with Gasteiger partial charge in [-0.15, -0.1) is 13.2 Å². The first-order valence-electron chi connectivity index (χ1n) is 9.00. The van der Waals surface area contributed by atoms with Gasteiger partial charge in [-0.05, 0) is 25.1 Å². The minimum absolute atomic E-state index is 0.0419. The summed E-state index contributed by atoms with van der Waals surface area (Å²) in [5, 5.41) is 10.2. The van der Waals surface area contributed by atoms with E-state index in [-0.39, 0.29) is 16.7 Å². The minimum Gasteiger partial charge on any atom is -0.406 e. The molecule has 168 valence electrons. The second-order valence-corrected chi connectivity index (χ2v) is 7.70. The number of alkyl halides is 3. The van der Waals surface area contributed by atoms with Gasteiger partial charge in [0.1, 0.15) is 5.75 Å². The number of rotatable bonds is 8. The maximum atomic E-state index is 12.4. The van der Waals surface area contributed by atoms with Gasteiger partial charge in [-0.1, -0.05) is 20.8 Å². The zero-order valence-electron chi connectivity index (χ0n) is 17.1. The van der Waals surface area contributed by atoms with Crippen LogP contribution in [-0.2, 0) is 19.0 Å². The molecule has 1 aromatic rings. The number of methoxy groups -OCH3 is 1. The third-order valence-electron chi connectivity index (χ3n) is 4.10. The number of carbonyl (C=O) groups excluding carboxylic acids is 2. The van der Waals surface area contributed by atoms with Crippen LogP contribution in [0.25, 0.3) is 0 Å². The van der Waals surface area contributed by atoms with Gasteiger partial charge in [-0.2, -0.15) is 0 Å². The molecule has 0 spiro atoms. The number of hydrogen-bond donors (Lipinski definition) is 1. The monoisotopic (exact) mass is 435 g/mol. The molecule has 3 atom stereocenters. The lowest BCUT2D eigenvalue weighted by molar-refractivity contribution is -0.293. The SMILES string of the molecule is COC(OC(C)OC(O)CN1C(=O)C(=O)c2cc(OC(F)(F)F)ccc21)C(C)(C)C. The van der Waals surface area contributed by atoms with E-state index in [2.05, 4.69) is 4.74 Å². The van der Waals surface area contributed by atoms with Crippen molar-refractivity contribution in [2.45, 2.75) is 52.9 Å². The molecule has 0 radical (unpaired) electrons. The van der Waals surface area contributed by atoms with E-state index in [4.69, 9.17) is 14.2 Å². The second kappa shape index (κ2) is 8.88. The van der Waals surface area contributed by atoms with Gasteiger partial charge in [0.05, 0.1) is 17.8 Å². The molecular weight excluding hydrogens is 411 g/mol. The van der Waals surface area contributed by atoms with Crippen LogP contribution < -0.4 is 9.64 Å². The van der Waals surface area contributed by atoms with E-state index >= 15 is 0 Å². The van der Waals surface area contributed by atoms with Gasteiger partial charge in [-0.25, -0.2) is 0 Å². The predicted octanol–water partition coefficient (Wildman–Crippen LogP) is 2.83. The Balaban J connectivity index is 2.07. The fourth-order valence-corrected chi connectivity index (χ4v) is 2.90. The van der Waals surface area contributed by atoms with Gasteiger partial charge in [-0.3, -0.25) is 14.5 Å². The number of carbonyl (C=O) groups is 2. The van der Waals surface area contributed by atoms with Crippen molar-refractivity contribution in [3.63, 3.8) is 0 Å². The Labute approximate surface area is 171 Å². The molecule has 3 unspecified atom stereocenters. The van der Waals surface area contributed by atoms with Crippen LogP contribution in [0.2, 0.25) is 0 Å². The molecule has 8 nitrogen and oxygen atoms in total. The van der Waals surface area contributed by atoms with Gasteiger partial charge >= 0.3 is 6.36 Å². The molecule has 11 heteroatoms. The summed E-state index contributed by atoms with van der Waals surface area (Å²) in [6.07, 6.45) is -8.03. The summed E-state index contributed by atoms with van der Waals surface area (Å²) >= 11 is 0. The smallest absolute Gasteiger partial charge is 0.406 e. The second-order valence-electron chi connectivity index (χ2n) is 7.70. The van der Waals surface area contributed by atoms with Crippen LogP contribution in [0.3, 0.4) is 0 Å². The number of amides is 1. The largest absolute Gasteiger partial charge is 0.573 e. The molecule has 1 aromatic carbocycles. The normalized spacial score (nSPS) is 17.7. The van der Waals surface area contributed by atoms with Crippen LogP contribution in [0.15, 0.2) is 18.2 Å². The van der Waals surface area contributed by atoms with Crippen molar-refractivity contribution in [3.8, 4) is 5.75 Å². The molecule has 0 bridgehead atoms. The number of anilines is 1. The summed E-state index contributed by atoms with van der Waals surface area (Å²) in [6, 6.07) is 2.93. The van der Waals surface area contributed by atoms with Gasteiger partial charge in [0.15, 0.2) is 18.9 Å². The number of nitrogens with zero attached hydrogens (tertiary/aromatic N) is 1. The van der Waals surface area contributed by atoms with E-state index in [1.54, 1.807) is 0 Å².